The van der Waals surface area contributed by atoms with Crippen molar-refractivity contribution in [2.75, 3.05) is 19.6 Å². The standard InChI is InChI=1S/C21H29ClN4O/c1-16-9-6-7-13-25(16)14-8-12-23-21(27)19-17(2)24-26(20(19)22)15-18-10-4-3-5-11-18/h3-5,10-11,16H,6-9,12-15H2,1-2H3,(H,23,27). The Kier molecular flexibility index (Phi) is 6.91. The van der Waals surface area contributed by atoms with Crippen LogP contribution in [0.2, 0.25) is 5.15 Å². The fourth-order valence-corrected chi connectivity index (χ4v) is 4.05. The van der Waals surface area contributed by atoms with Gasteiger partial charge in [-0.05, 0) is 45.2 Å². The van der Waals surface area contributed by atoms with Crippen LogP contribution >= 0.6 is 11.6 Å². The minimum Gasteiger partial charge on any atom is -0.352 e. The van der Waals surface area contributed by atoms with Gasteiger partial charge in [-0.25, -0.2) is 4.68 Å². The number of rotatable bonds is 7. The van der Waals surface area contributed by atoms with E-state index in [9.17, 15) is 4.79 Å². The molecule has 0 saturated carbocycles. The molecule has 3 rings (SSSR count). The summed E-state index contributed by atoms with van der Waals surface area (Å²) in [5.41, 5.74) is 2.25. The normalized spacial score (nSPS) is 17.8. The Balaban J connectivity index is 1.53. The topological polar surface area (TPSA) is 50.2 Å². The predicted octanol–water partition coefficient (Wildman–Crippen LogP) is 3.89. The Bertz CT molecular complexity index is 759. The van der Waals surface area contributed by atoms with Gasteiger partial charge in [-0.3, -0.25) is 4.79 Å². The second-order valence-corrected chi connectivity index (χ2v) is 7.74. The van der Waals surface area contributed by atoms with Crippen molar-refractivity contribution in [1.29, 1.82) is 0 Å². The largest absolute Gasteiger partial charge is 0.352 e. The van der Waals surface area contributed by atoms with Gasteiger partial charge in [-0.15, -0.1) is 0 Å². The lowest BCUT2D eigenvalue weighted by molar-refractivity contribution is 0.0948. The minimum atomic E-state index is -0.136. The van der Waals surface area contributed by atoms with Crippen LogP contribution in [0.25, 0.3) is 0 Å². The van der Waals surface area contributed by atoms with Crippen LogP contribution in [-0.4, -0.2) is 46.3 Å². The van der Waals surface area contributed by atoms with Crippen molar-refractivity contribution in [3.8, 4) is 0 Å². The van der Waals surface area contributed by atoms with E-state index in [1.807, 2.05) is 37.3 Å². The van der Waals surface area contributed by atoms with Crippen molar-refractivity contribution in [3.63, 3.8) is 0 Å². The molecule has 146 valence electrons. The van der Waals surface area contributed by atoms with Crippen LogP contribution in [0.4, 0.5) is 0 Å². The van der Waals surface area contributed by atoms with Crippen LogP contribution in [0.3, 0.4) is 0 Å². The first-order valence-corrected chi connectivity index (χ1v) is 10.2. The summed E-state index contributed by atoms with van der Waals surface area (Å²) in [7, 11) is 0. The van der Waals surface area contributed by atoms with E-state index in [0.717, 1.165) is 18.5 Å². The molecule has 1 aliphatic heterocycles. The summed E-state index contributed by atoms with van der Waals surface area (Å²) in [4.78, 5) is 15.1. The molecule has 1 aliphatic rings. The van der Waals surface area contributed by atoms with Crippen molar-refractivity contribution in [2.24, 2.45) is 0 Å². The zero-order valence-electron chi connectivity index (χ0n) is 16.2. The van der Waals surface area contributed by atoms with Gasteiger partial charge in [0.25, 0.3) is 5.91 Å². The fourth-order valence-electron chi connectivity index (χ4n) is 3.73. The predicted molar refractivity (Wildman–Crippen MR) is 109 cm³/mol. The van der Waals surface area contributed by atoms with Crippen molar-refractivity contribution in [2.45, 2.75) is 52.1 Å². The van der Waals surface area contributed by atoms with E-state index >= 15 is 0 Å². The highest BCUT2D eigenvalue weighted by Crippen LogP contribution is 2.21. The summed E-state index contributed by atoms with van der Waals surface area (Å²) >= 11 is 6.46. The molecule has 0 bridgehead atoms. The second-order valence-electron chi connectivity index (χ2n) is 7.38. The third kappa shape index (κ3) is 5.11. The monoisotopic (exact) mass is 388 g/mol. The lowest BCUT2D eigenvalue weighted by Gasteiger charge is -2.33. The Labute approximate surface area is 166 Å². The quantitative estimate of drug-likeness (QED) is 0.732. The van der Waals surface area contributed by atoms with Crippen LogP contribution < -0.4 is 5.32 Å². The molecule has 0 aliphatic carbocycles. The Morgan fingerprint density at radius 1 is 1.30 bits per heavy atom. The number of carbonyl (C=O) groups is 1. The molecular formula is C21H29ClN4O. The summed E-state index contributed by atoms with van der Waals surface area (Å²) in [6.45, 7) is 7.54. The number of hydrogen-bond donors (Lipinski definition) is 1. The average molecular weight is 389 g/mol. The number of amides is 1. The first kappa shape index (κ1) is 19.9. The van der Waals surface area contributed by atoms with E-state index in [1.54, 1.807) is 4.68 Å². The van der Waals surface area contributed by atoms with Crippen LogP contribution in [-0.2, 0) is 6.54 Å². The molecule has 1 atom stereocenters. The third-order valence-corrected chi connectivity index (χ3v) is 5.70. The molecule has 1 amide bonds. The van der Waals surface area contributed by atoms with Crippen LogP contribution in [0.15, 0.2) is 30.3 Å². The summed E-state index contributed by atoms with van der Waals surface area (Å²) in [6.07, 6.45) is 4.85. The number of piperidine rings is 1. The first-order valence-electron chi connectivity index (χ1n) is 9.85. The van der Waals surface area contributed by atoms with E-state index in [1.165, 1.54) is 25.8 Å². The zero-order chi connectivity index (χ0) is 19.2. The SMILES string of the molecule is Cc1nn(Cc2ccccc2)c(Cl)c1C(=O)NCCCN1CCCCC1C. The number of benzene rings is 1. The smallest absolute Gasteiger partial charge is 0.256 e. The zero-order valence-corrected chi connectivity index (χ0v) is 17.0. The number of likely N-dealkylation sites (tertiary alicyclic amines) is 1. The molecule has 1 fully saturated rings. The number of aromatic nitrogens is 2. The minimum absolute atomic E-state index is 0.136. The number of carbonyl (C=O) groups excluding carboxylic acids is 1. The van der Waals surface area contributed by atoms with Crippen LogP contribution in [0, 0.1) is 6.92 Å². The highest BCUT2D eigenvalue weighted by molar-refractivity contribution is 6.33. The molecule has 5 nitrogen and oxygen atoms in total. The summed E-state index contributed by atoms with van der Waals surface area (Å²) in [6, 6.07) is 10.6. The lowest BCUT2D eigenvalue weighted by atomic mass is 10.0. The molecule has 2 aromatic rings. The molecule has 0 radical (unpaired) electrons. The highest BCUT2D eigenvalue weighted by atomic mass is 35.5. The molecule has 1 N–H and O–H groups in total. The van der Waals surface area contributed by atoms with Crippen LogP contribution in [0.5, 0.6) is 0 Å². The fraction of sp³-hybridized carbons (Fsp3) is 0.524. The van der Waals surface area contributed by atoms with Crippen molar-refractivity contribution >= 4 is 17.5 Å². The number of halogens is 1. The molecule has 6 heteroatoms. The first-order chi connectivity index (χ1) is 13.1. The molecule has 1 unspecified atom stereocenters. The van der Waals surface area contributed by atoms with Gasteiger partial charge in [-0.1, -0.05) is 48.4 Å². The van der Waals surface area contributed by atoms with Gasteiger partial charge in [0.05, 0.1) is 17.8 Å². The molecule has 0 spiro atoms. The third-order valence-electron chi connectivity index (χ3n) is 5.32. The van der Waals surface area contributed by atoms with Crippen molar-refractivity contribution < 1.29 is 4.79 Å². The number of nitrogens with zero attached hydrogens (tertiary/aromatic N) is 3. The average Bonchev–Trinajstić information content (AvgIpc) is 2.94. The summed E-state index contributed by atoms with van der Waals surface area (Å²) < 4.78 is 1.69. The highest BCUT2D eigenvalue weighted by Gasteiger charge is 2.21. The van der Waals surface area contributed by atoms with Crippen LogP contribution in [0.1, 0.15) is 54.2 Å². The van der Waals surface area contributed by atoms with Gasteiger partial charge in [0.2, 0.25) is 0 Å². The van der Waals surface area contributed by atoms with Gasteiger partial charge < -0.3 is 10.2 Å². The lowest BCUT2D eigenvalue weighted by Crippen LogP contribution is -2.39. The van der Waals surface area contributed by atoms with E-state index in [-0.39, 0.29) is 5.91 Å². The van der Waals surface area contributed by atoms with E-state index in [4.69, 9.17) is 11.6 Å². The molecule has 2 heterocycles. The maximum atomic E-state index is 12.6. The second kappa shape index (κ2) is 9.38. The Morgan fingerprint density at radius 2 is 2.07 bits per heavy atom. The molecule has 1 aromatic carbocycles. The van der Waals surface area contributed by atoms with Gasteiger partial charge in [0.1, 0.15) is 5.15 Å². The molecular weight excluding hydrogens is 360 g/mol. The molecule has 1 saturated heterocycles. The number of nitrogens with one attached hydrogen (secondary N) is 1. The van der Waals surface area contributed by atoms with Gasteiger partial charge in [0, 0.05) is 19.1 Å². The molecule has 27 heavy (non-hydrogen) atoms. The number of hydrogen-bond acceptors (Lipinski definition) is 3. The van der Waals surface area contributed by atoms with Crippen molar-refractivity contribution in [3.05, 3.63) is 52.3 Å². The summed E-state index contributed by atoms with van der Waals surface area (Å²) in [5, 5.41) is 7.86. The number of aryl methyl sites for hydroxylation is 1. The Hall–Kier alpha value is -1.85. The van der Waals surface area contributed by atoms with Gasteiger partial charge in [0.15, 0.2) is 0 Å². The van der Waals surface area contributed by atoms with E-state index < -0.39 is 0 Å². The van der Waals surface area contributed by atoms with Gasteiger partial charge in [-0.2, -0.15) is 5.10 Å². The van der Waals surface area contributed by atoms with E-state index in [2.05, 4.69) is 22.2 Å². The Morgan fingerprint density at radius 3 is 2.81 bits per heavy atom. The van der Waals surface area contributed by atoms with Crippen molar-refractivity contribution in [1.82, 2.24) is 20.0 Å². The van der Waals surface area contributed by atoms with E-state index in [0.29, 0.717) is 35.5 Å². The maximum absolute atomic E-state index is 12.6. The summed E-state index contributed by atoms with van der Waals surface area (Å²) in [5.74, 6) is -0.136. The maximum Gasteiger partial charge on any atom is 0.256 e. The molecule has 1 aromatic heterocycles. The van der Waals surface area contributed by atoms with Gasteiger partial charge >= 0.3 is 0 Å².